The molecule has 0 aliphatic heterocycles. The van der Waals surface area contributed by atoms with Crippen molar-refractivity contribution >= 4 is 16.4 Å². The molecule has 4 nitrogen and oxygen atoms in total. The first kappa shape index (κ1) is 13.6. The van der Waals surface area contributed by atoms with Crippen LogP contribution in [0.25, 0.3) is 0 Å². The highest BCUT2D eigenvalue weighted by molar-refractivity contribution is 8.76. The van der Waals surface area contributed by atoms with Crippen LogP contribution in [0.1, 0.15) is 13.8 Å². The summed E-state index contributed by atoms with van der Waals surface area (Å²) in [4.78, 5) is 19.7. The number of aromatic hydroxyl groups is 1. The highest BCUT2D eigenvalue weighted by Gasteiger charge is 2.39. The fourth-order valence-corrected chi connectivity index (χ4v) is 7.58. The highest BCUT2D eigenvalue weighted by atomic mass is 32.8. The van der Waals surface area contributed by atoms with Crippen LogP contribution in [-0.2, 0) is 4.57 Å². The van der Waals surface area contributed by atoms with Gasteiger partial charge in [0.25, 0.3) is 0 Å². The summed E-state index contributed by atoms with van der Waals surface area (Å²) < 4.78 is 11.7. The standard InChI is InChI=1S/C10H17O4PS/c1-3-16(4-2,15(12,13)14)10-7-5-9(11)6-8-10/h5-8,11H,3-4H2,1-2H3,(H2,12,13,14). The van der Waals surface area contributed by atoms with E-state index in [1.165, 1.54) is 12.1 Å². The van der Waals surface area contributed by atoms with Gasteiger partial charge in [0.15, 0.2) is 0 Å². The molecule has 0 aromatic heterocycles. The number of hydrogen-bond acceptors (Lipinski definition) is 2. The summed E-state index contributed by atoms with van der Waals surface area (Å²) in [5, 5.41) is 9.19. The zero-order valence-electron chi connectivity index (χ0n) is 9.33. The quantitative estimate of drug-likeness (QED) is 0.731. The maximum Gasteiger partial charge on any atom is 0.370 e. The molecule has 92 valence electrons. The Morgan fingerprint density at radius 2 is 1.56 bits per heavy atom. The molecule has 0 amide bonds. The summed E-state index contributed by atoms with van der Waals surface area (Å²) in [6.45, 7) is -0.549. The maximum absolute atomic E-state index is 11.7. The molecule has 0 bridgehead atoms. The summed E-state index contributed by atoms with van der Waals surface area (Å²) >= 11 is 0. The molecule has 16 heavy (non-hydrogen) atoms. The van der Waals surface area contributed by atoms with Crippen LogP contribution in [0.3, 0.4) is 0 Å². The third-order valence-corrected chi connectivity index (χ3v) is 11.6. The summed E-state index contributed by atoms with van der Waals surface area (Å²) in [6, 6.07) is 6.16. The maximum atomic E-state index is 11.7. The second kappa shape index (κ2) is 4.80. The Morgan fingerprint density at radius 1 is 1.12 bits per heavy atom. The van der Waals surface area contributed by atoms with E-state index in [9.17, 15) is 19.5 Å². The molecule has 0 saturated carbocycles. The Labute approximate surface area is 96.5 Å². The number of hydrogen-bond donors (Lipinski definition) is 3. The predicted molar refractivity (Wildman–Crippen MR) is 67.1 cm³/mol. The van der Waals surface area contributed by atoms with Crippen molar-refractivity contribution in [2.75, 3.05) is 11.5 Å². The first-order chi connectivity index (χ1) is 7.37. The molecule has 0 spiro atoms. The molecule has 0 saturated heterocycles. The van der Waals surface area contributed by atoms with Gasteiger partial charge >= 0.3 is 6.80 Å². The van der Waals surface area contributed by atoms with Gasteiger partial charge < -0.3 is 14.9 Å². The summed E-state index contributed by atoms with van der Waals surface area (Å²) in [5.74, 6) is 0.992. The lowest BCUT2D eigenvalue weighted by Gasteiger charge is -2.38. The van der Waals surface area contributed by atoms with Gasteiger partial charge in [-0.3, -0.25) is 0 Å². The molecule has 1 aromatic carbocycles. The molecular weight excluding hydrogens is 247 g/mol. The fraction of sp³-hybridized carbons (Fsp3) is 0.400. The van der Waals surface area contributed by atoms with Crippen molar-refractivity contribution in [1.82, 2.24) is 0 Å². The topological polar surface area (TPSA) is 77.8 Å². The van der Waals surface area contributed by atoms with Crippen LogP contribution in [0.15, 0.2) is 29.2 Å². The van der Waals surface area contributed by atoms with Crippen molar-refractivity contribution in [1.29, 1.82) is 0 Å². The summed E-state index contributed by atoms with van der Waals surface area (Å²) in [7, 11) is -2.13. The fourth-order valence-electron chi connectivity index (χ4n) is 1.71. The van der Waals surface area contributed by atoms with Crippen molar-refractivity contribution in [3.05, 3.63) is 24.3 Å². The molecule has 0 aliphatic carbocycles. The Hall–Kier alpha value is -0.480. The van der Waals surface area contributed by atoms with Crippen LogP contribution >= 0.6 is 16.4 Å². The van der Waals surface area contributed by atoms with E-state index in [0.717, 1.165) is 0 Å². The van der Waals surface area contributed by atoms with Crippen molar-refractivity contribution in [2.24, 2.45) is 0 Å². The second-order valence-corrected chi connectivity index (χ2v) is 11.2. The molecule has 0 aliphatic rings. The summed E-state index contributed by atoms with van der Waals surface area (Å²) in [6.07, 6.45) is 0. The van der Waals surface area contributed by atoms with E-state index >= 15 is 0 Å². The van der Waals surface area contributed by atoms with E-state index in [1.807, 2.05) is 0 Å². The largest absolute Gasteiger partial charge is 0.508 e. The van der Waals surface area contributed by atoms with Crippen molar-refractivity contribution in [3.63, 3.8) is 0 Å². The summed E-state index contributed by atoms with van der Waals surface area (Å²) in [5.41, 5.74) is 0. The lowest BCUT2D eigenvalue weighted by Crippen LogP contribution is -2.07. The lowest BCUT2D eigenvalue weighted by molar-refractivity contribution is 0.395. The van der Waals surface area contributed by atoms with Gasteiger partial charge in [-0.1, -0.05) is 13.8 Å². The van der Waals surface area contributed by atoms with E-state index in [4.69, 9.17) is 0 Å². The number of rotatable bonds is 4. The Bertz CT molecular complexity index is 394. The monoisotopic (exact) mass is 264 g/mol. The number of benzene rings is 1. The molecule has 0 atom stereocenters. The van der Waals surface area contributed by atoms with Gasteiger partial charge in [0.2, 0.25) is 0 Å². The first-order valence-electron chi connectivity index (χ1n) is 5.01. The minimum atomic E-state index is -4.14. The normalized spacial score (nSPS) is 13.8. The van der Waals surface area contributed by atoms with Crippen molar-refractivity contribution in [3.8, 4) is 5.75 Å². The van der Waals surface area contributed by atoms with E-state index in [0.29, 0.717) is 16.4 Å². The van der Waals surface area contributed by atoms with E-state index in [1.54, 1.807) is 26.0 Å². The lowest BCUT2D eigenvalue weighted by atomic mass is 10.3. The zero-order valence-corrected chi connectivity index (χ0v) is 11.0. The SMILES string of the molecule is CCS(CC)(c1ccc(O)cc1)P(=O)(O)O. The van der Waals surface area contributed by atoms with Crippen LogP contribution in [0.2, 0.25) is 0 Å². The van der Waals surface area contributed by atoms with Gasteiger partial charge in [0, 0.05) is 4.90 Å². The van der Waals surface area contributed by atoms with Gasteiger partial charge in [0.1, 0.15) is 5.75 Å². The molecule has 6 heteroatoms. The van der Waals surface area contributed by atoms with E-state index < -0.39 is 16.4 Å². The van der Waals surface area contributed by atoms with Gasteiger partial charge in [0.05, 0.1) is 0 Å². The molecule has 1 rings (SSSR count). The molecule has 1 aromatic rings. The molecule has 3 N–H and O–H groups in total. The Kier molecular flexibility index (Phi) is 4.07. The Morgan fingerprint density at radius 3 is 1.88 bits per heavy atom. The Balaban J connectivity index is 3.32. The van der Waals surface area contributed by atoms with Gasteiger partial charge in [-0.05, 0) is 35.8 Å². The second-order valence-electron chi connectivity index (χ2n) is 3.40. The van der Waals surface area contributed by atoms with Crippen molar-refractivity contribution in [2.45, 2.75) is 18.7 Å². The average molecular weight is 264 g/mol. The smallest absolute Gasteiger partial charge is 0.370 e. The molecular formula is C10H17O4PS. The minimum absolute atomic E-state index is 0.106. The van der Waals surface area contributed by atoms with Crippen LogP contribution in [0, 0.1) is 0 Å². The molecule has 0 unspecified atom stereocenters. The van der Waals surface area contributed by atoms with Gasteiger partial charge in [-0.2, -0.15) is 0 Å². The van der Waals surface area contributed by atoms with E-state index in [-0.39, 0.29) is 5.75 Å². The van der Waals surface area contributed by atoms with E-state index in [2.05, 4.69) is 0 Å². The first-order valence-corrected chi connectivity index (χ1v) is 9.19. The molecule has 0 radical (unpaired) electrons. The van der Waals surface area contributed by atoms with Gasteiger partial charge in [-0.15, -0.1) is 9.65 Å². The van der Waals surface area contributed by atoms with Crippen LogP contribution in [-0.4, -0.2) is 26.4 Å². The number of phenolic OH excluding ortho intramolecular Hbond substituents is 1. The van der Waals surface area contributed by atoms with Crippen molar-refractivity contribution < 1.29 is 19.5 Å². The highest BCUT2D eigenvalue weighted by Crippen LogP contribution is 2.80. The minimum Gasteiger partial charge on any atom is -0.508 e. The average Bonchev–Trinajstić information content (AvgIpc) is 2.21. The third kappa shape index (κ3) is 2.28. The van der Waals surface area contributed by atoms with Crippen LogP contribution < -0.4 is 0 Å². The predicted octanol–water partition coefficient (Wildman–Crippen LogP) is 2.69. The van der Waals surface area contributed by atoms with Crippen LogP contribution in [0.4, 0.5) is 0 Å². The molecule has 0 fully saturated rings. The van der Waals surface area contributed by atoms with Crippen LogP contribution in [0.5, 0.6) is 5.75 Å². The third-order valence-electron chi connectivity index (χ3n) is 2.69. The number of phenols is 1. The molecule has 0 heterocycles. The zero-order chi connectivity index (χ0) is 12.4. The van der Waals surface area contributed by atoms with Gasteiger partial charge in [-0.25, -0.2) is 4.57 Å².